The van der Waals surface area contributed by atoms with Crippen LogP contribution < -0.4 is 0 Å². The fourth-order valence-corrected chi connectivity index (χ4v) is 1.84. The zero-order valence-corrected chi connectivity index (χ0v) is 11.3. The van der Waals surface area contributed by atoms with Gasteiger partial charge in [-0.15, -0.1) is 0 Å². The molecule has 0 aromatic carbocycles. The van der Waals surface area contributed by atoms with E-state index in [0.717, 1.165) is 0 Å². The molecule has 0 bridgehead atoms. The van der Waals surface area contributed by atoms with Crippen LogP contribution in [0.25, 0.3) is 0 Å². The lowest BCUT2D eigenvalue weighted by Gasteiger charge is -2.26. The molecule has 0 saturated carbocycles. The molecule has 0 aromatic rings. The van der Waals surface area contributed by atoms with Crippen LogP contribution in [0.5, 0.6) is 0 Å². The molecule has 0 aromatic heterocycles. The van der Waals surface area contributed by atoms with E-state index in [0.29, 0.717) is 0 Å². The summed E-state index contributed by atoms with van der Waals surface area (Å²) in [6.07, 6.45) is 4.67. The van der Waals surface area contributed by atoms with Gasteiger partial charge in [-0.3, -0.25) is 14.4 Å². The molecule has 1 fully saturated rings. The van der Waals surface area contributed by atoms with Gasteiger partial charge in [-0.1, -0.05) is 18.2 Å². The van der Waals surface area contributed by atoms with E-state index >= 15 is 0 Å². The fraction of sp³-hybridized carbons (Fsp3) is 0.500. The summed E-state index contributed by atoms with van der Waals surface area (Å²) in [5, 5.41) is 9.97. The summed E-state index contributed by atoms with van der Waals surface area (Å²) < 4.78 is 4.93. The highest BCUT2D eigenvalue weighted by atomic mass is 16.6. The molecular formula is C14H18O5. The van der Waals surface area contributed by atoms with Crippen LogP contribution in [0.15, 0.2) is 24.3 Å². The third-order valence-corrected chi connectivity index (χ3v) is 3.16. The Morgan fingerprint density at radius 3 is 2.58 bits per heavy atom. The SMILES string of the molecule is CC=CC=CC(=O)CC(O)C1(C)OC(=O)C(C)C1=O. The molecule has 1 saturated heterocycles. The molecule has 0 spiro atoms. The number of carbonyl (C=O) groups excluding carboxylic acids is 3. The topological polar surface area (TPSA) is 80.7 Å². The lowest BCUT2D eigenvalue weighted by atomic mass is 9.87. The van der Waals surface area contributed by atoms with Crippen molar-refractivity contribution in [2.75, 3.05) is 0 Å². The number of hydrogen-bond donors (Lipinski definition) is 1. The fourth-order valence-electron chi connectivity index (χ4n) is 1.84. The number of carbonyl (C=O) groups is 3. The first-order chi connectivity index (χ1) is 8.82. The maximum Gasteiger partial charge on any atom is 0.317 e. The molecule has 5 nitrogen and oxygen atoms in total. The molecule has 1 aliphatic heterocycles. The molecule has 1 rings (SSSR count). The second-order valence-corrected chi connectivity index (χ2v) is 4.69. The van der Waals surface area contributed by atoms with E-state index < -0.39 is 29.4 Å². The minimum absolute atomic E-state index is 0.268. The van der Waals surface area contributed by atoms with Crippen molar-refractivity contribution in [3.8, 4) is 0 Å². The summed E-state index contributed by atoms with van der Waals surface area (Å²) in [5.41, 5.74) is -1.62. The van der Waals surface area contributed by atoms with Crippen molar-refractivity contribution in [1.82, 2.24) is 0 Å². The number of aliphatic hydroxyl groups excluding tert-OH is 1. The smallest absolute Gasteiger partial charge is 0.317 e. The Morgan fingerprint density at radius 2 is 2.11 bits per heavy atom. The largest absolute Gasteiger partial charge is 0.448 e. The average molecular weight is 266 g/mol. The highest BCUT2D eigenvalue weighted by Gasteiger charge is 2.54. The number of Topliss-reactive ketones (excluding diaryl/α,β-unsaturated/α-hetero) is 1. The van der Waals surface area contributed by atoms with Crippen molar-refractivity contribution >= 4 is 17.5 Å². The van der Waals surface area contributed by atoms with E-state index in [-0.39, 0.29) is 12.2 Å². The van der Waals surface area contributed by atoms with Crippen molar-refractivity contribution in [1.29, 1.82) is 0 Å². The Morgan fingerprint density at radius 1 is 1.47 bits per heavy atom. The minimum atomic E-state index is -1.62. The predicted octanol–water partition coefficient (Wildman–Crippen LogP) is 0.960. The van der Waals surface area contributed by atoms with Crippen LogP contribution in [-0.4, -0.2) is 34.3 Å². The van der Waals surface area contributed by atoms with Crippen molar-refractivity contribution in [2.45, 2.75) is 38.9 Å². The first kappa shape index (κ1) is 15.3. The predicted molar refractivity (Wildman–Crippen MR) is 68.3 cm³/mol. The molecular weight excluding hydrogens is 248 g/mol. The lowest BCUT2D eigenvalue weighted by molar-refractivity contribution is -0.162. The van der Waals surface area contributed by atoms with Crippen LogP contribution in [0.4, 0.5) is 0 Å². The van der Waals surface area contributed by atoms with Crippen molar-refractivity contribution in [2.24, 2.45) is 5.92 Å². The molecule has 3 unspecified atom stereocenters. The van der Waals surface area contributed by atoms with E-state index in [1.165, 1.54) is 19.9 Å². The Bertz CT molecular complexity index is 449. The number of aliphatic hydroxyl groups is 1. The average Bonchev–Trinajstić information content (AvgIpc) is 2.55. The quantitative estimate of drug-likeness (QED) is 0.347. The van der Waals surface area contributed by atoms with Gasteiger partial charge in [-0.25, -0.2) is 0 Å². The summed E-state index contributed by atoms with van der Waals surface area (Å²) in [6.45, 7) is 4.57. The van der Waals surface area contributed by atoms with Crippen LogP contribution in [0.1, 0.15) is 27.2 Å². The summed E-state index contributed by atoms with van der Waals surface area (Å²) >= 11 is 0. The van der Waals surface area contributed by atoms with Gasteiger partial charge < -0.3 is 9.84 Å². The van der Waals surface area contributed by atoms with Gasteiger partial charge in [0.05, 0.1) is 0 Å². The van der Waals surface area contributed by atoms with Gasteiger partial charge in [0.1, 0.15) is 12.0 Å². The van der Waals surface area contributed by atoms with Gasteiger partial charge >= 0.3 is 5.97 Å². The first-order valence-corrected chi connectivity index (χ1v) is 6.10. The van der Waals surface area contributed by atoms with Gasteiger partial charge in [0.25, 0.3) is 0 Å². The van der Waals surface area contributed by atoms with E-state index in [1.54, 1.807) is 18.2 Å². The van der Waals surface area contributed by atoms with Gasteiger partial charge in [0.15, 0.2) is 17.2 Å². The highest BCUT2D eigenvalue weighted by molar-refractivity contribution is 6.09. The van der Waals surface area contributed by atoms with Crippen LogP contribution in [0.3, 0.4) is 0 Å². The number of hydrogen-bond acceptors (Lipinski definition) is 5. The number of esters is 1. The van der Waals surface area contributed by atoms with Crippen molar-refractivity contribution < 1.29 is 24.2 Å². The first-order valence-electron chi connectivity index (χ1n) is 6.10. The number of allylic oxidation sites excluding steroid dienone is 4. The van der Waals surface area contributed by atoms with Crippen LogP contribution in [0.2, 0.25) is 0 Å². The van der Waals surface area contributed by atoms with Crippen molar-refractivity contribution in [3.63, 3.8) is 0 Å². The second-order valence-electron chi connectivity index (χ2n) is 4.69. The number of ketones is 2. The maximum absolute atomic E-state index is 11.9. The van der Waals surface area contributed by atoms with E-state index in [4.69, 9.17) is 4.74 Å². The molecule has 0 radical (unpaired) electrons. The molecule has 5 heteroatoms. The standard InChI is InChI=1S/C14H18O5/c1-4-5-6-7-10(15)8-11(16)14(3)12(17)9(2)13(18)19-14/h4-7,9,11,16H,8H2,1-3H3. The van der Waals surface area contributed by atoms with Gasteiger partial charge in [0, 0.05) is 6.42 Å². The molecule has 3 atom stereocenters. The Balaban J connectivity index is 2.73. The lowest BCUT2D eigenvalue weighted by Crippen LogP contribution is -2.46. The van der Waals surface area contributed by atoms with Crippen LogP contribution in [-0.2, 0) is 19.1 Å². The second kappa shape index (κ2) is 5.93. The third kappa shape index (κ3) is 3.17. The summed E-state index contributed by atoms with van der Waals surface area (Å²) in [7, 11) is 0. The Hall–Kier alpha value is -1.75. The van der Waals surface area contributed by atoms with E-state index in [1.807, 2.05) is 6.92 Å². The van der Waals surface area contributed by atoms with Gasteiger partial charge in [-0.05, 0) is 26.8 Å². The normalized spacial score (nSPS) is 29.2. The third-order valence-electron chi connectivity index (χ3n) is 3.16. The molecule has 104 valence electrons. The molecule has 1 heterocycles. The zero-order chi connectivity index (χ0) is 14.6. The number of rotatable bonds is 5. The Labute approximate surface area is 111 Å². The van der Waals surface area contributed by atoms with Gasteiger partial charge in [-0.2, -0.15) is 0 Å². The zero-order valence-electron chi connectivity index (χ0n) is 11.3. The van der Waals surface area contributed by atoms with Gasteiger partial charge in [0.2, 0.25) is 0 Å². The molecule has 19 heavy (non-hydrogen) atoms. The van der Waals surface area contributed by atoms with E-state index in [2.05, 4.69) is 0 Å². The summed E-state index contributed by atoms with van der Waals surface area (Å²) in [5.74, 6) is -2.39. The molecule has 0 aliphatic carbocycles. The molecule has 1 aliphatic rings. The van der Waals surface area contributed by atoms with E-state index in [9.17, 15) is 19.5 Å². The van der Waals surface area contributed by atoms with Crippen LogP contribution >= 0.6 is 0 Å². The Kier molecular flexibility index (Phi) is 4.78. The number of ether oxygens (including phenoxy) is 1. The maximum atomic E-state index is 11.9. The van der Waals surface area contributed by atoms with Crippen molar-refractivity contribution in [3.05, 3.63) is 24.3 Å². The molecule has 0 amide bonds. The molecule has 1 N–H and O–H groups in total. The summed E-state index contributed by atoms with van der Waals surface area (Å²) in [4.78, 5) is 34.8. The number of cyclic esters (lactones) is 1. The van der Waals surface area contributed by atoms with Crippen LogP contribution in [0, 0.1) is 5.92 Å². The monoisotopic (exact) mass is 266 g/mol. The minimum Gasteiger partial charge on any atom is -0.448 e. The summed E-state index contributed by atoms with van der Waals surface area (Å²) in [6, 6.07) is 0. The highest BCUT2D eigenvalue weighted by Crippen LogP contribution is 2.31.